The minimum Gasteiger partial charge on any atom is -0.479 e. The average Bonchev–Trinajstić information content (AvgIpc) is 2.88. The Morgan fingerprint density at radius 3 is 2.95 bits per heavy atom. The van der Waals surface area contributed by atoms with E-state index in [2.05, 4.69) is 15.3 Å². The normalized spacial score (nSPS) is 10.6. The topological polar surface area (TPSA) is 49.9 Å². The molecular weight excluding hydrogens is 245 g/mol. The lowest BCUT2D eigenvalue weighted by Crippen LogP contribution is -1.97. The van der Waals surface area contributed by atoms with Crippen LogP contribution in [0.25, 0.3) is 10.9 Å². The Balaban J connectivity index is 1.91. The van der Waals surface area contributed by atoms with Gasteiger partial charge in [-0.2, -0.15) is 4.98 Å². The second kappa shape index (κ2) is 4.61. The molecule has 0 aliphatic heterocycles. The number of hydrogen-bond acceptors (Lipinski definition) is 3. The SMILES string of the molecule is COc1nc(Nc2ccc3cc[nH]c3c2)ccc1F. The predicted octanol–water partition coefficient (Wildman–Crippen LogP) is 3.45. The van der Waals surface area contributed by atoms with Crippen molar-refractivity contribution in [1.82, 2.24) is 9.97 Å². The molecule has 0 atom stereocenters. The number of fused-ring (bicyclic) bond motifs is 1. The highest BCUT2D eigenvalue weighted by atomic mass is 19.1. The number of methoxy groups -OCH3 is 1. The summed E-state index contributed by atoms with van der Waals surface area (Å²) < 4.78 is 18.1. The van der Waals surface area contributed by atoms with Crippen molar-refractivity contribution in [3.63, 3.8) is 0 Å². The molecule has 0 spiro atoms. The summed E-state index contributed by atoms with van der Waals surface area (Å²) in [5.74, 6) is 0.0305. The highest BCUT2D eigenvalue weighted by molar-refractivity contribution is 5.83. The number of pyridine rings is 1. The number of hydrogen-bond donors (Lipinski definition) is 2. The average molecular weight is 257 g/mol. The molecule has 0 amide bonds. The van der Waals surface area contributed by atoms with E-state index >= 15 is 0 Å². The molecular formula is C14H12FN3O. The van der Waals surface area contributed by atoms with Crippen molar-refractivity contribution in [2.45, 2.75) is 0 Å². The Hall–Kier alpha value is -2.56. The second-order valence-electron chi connectivity index (χ2n) is 4.09. The summed E-state index contributed by atoms with van der Waals surface area (Å²) in [4.78, 5) is 7.17. The fraction of sp³-hybridized carbons (Fsp3) is 0.0714. The van der Waals surface area contributed by atoms with Crippen molar-refractivity contribution in [1.29, 1.82) is 0 Å². The van der Waals surface area contributed by atoms with E-state index in [9.17, 15) is 4.39 Å². The van der Waals surface area contributed by atoms with E-state index in [4.69, 9.17) is 4.74 Å². The fourth-order valence-electron chi connectivity index (χ4n) is 1.91. The second-order valence-corrected chi connectivity index (χ2v) is 4.09. The fourth-order valence-corrected chi connectivity index (χ4v) is 1.91. The third-order valence-electron chi connectivity index (χ3n) is 2.83. The van der Waals surface area contributed by atoms with Crippen LogP contribution in [0.1, 0.15) is 0 Å². The van der Waals surface area contributed by atoms with Gasteiger partial charge < -0.3 is 15.0 Å². The van der Waals surface area contributed by atoms with Crippen LogP contribution in [0.3, 0.4) is 0 Å². The summed E-state index contributed by atoms with van der Waals surface area (Å²) in [6.07, 6.45) is 1.88. The van der Waals surface area contributed by atoms with Gasteiger partial charge in [0.1, 0.15) is 5.82 Å². The molecule has 2 N–H and O–H groups in total. The van der Waals surface area contributed by atoms with Gasteiger partial charge in [-0.05, 0) is 35.7 Å². The molecule has 0 aliphatic carbocycles. The van der Waals surface area contributed by atoms with Gasteiger partial charge in [-0.3, -0.25) is 0 Å². The first-order valence-electron chi connectivity index (χ1n) is 5.81. The quantitative estimate of drug-likeness (QED) is 0.755. The molecule has 3 aromatic rings. The standard InChI is InChI=1S/C14H12FN3O/c1-19-14-11(15)4-5-13(18-14)17-10-3-2-9-6-7-16-12(9)8-10/h2-8,16H,1H3,(H,17,18). The Morgan fingerprint density at radius 1 is 1.21 bits per heavy atom. The number of ether oxygens (including phenoxy) is 1. The number of aromatic amines is 1. The van der Waals surface area contributed by atoms with Gasteiger partial charge in [0.15, 0.2) is 5.82 Å². The lowest BCUT2D eigenvalue weighted by molar-refractivity contribution is 0.370. The van der Waals surface area contributed by atoms with Crippen LogP contribution in [0.5, 0.6) is 5.88 Å². The molecule has 96 valence electrons. The highest BCUT2D eigenvalue weighted by Crippen LogP contribution is 2.22. The van der Waals surface area contributed by atoms with E-state index < -0.39 is 5.82 Å². The Morgan fingerprint density at radius 2 is 2.11 bits per heavy atom. The first kappa shape index (κ1) is 11.5. The molecule has 2 aromatic heterocycles. The molecule has 1 aromatic carbocycles. The molecule has 0 saturated heterocycles. The number of nitrogens with zero attached hydrogens (tertiary/aromatic N) is 1. The number of rotatable bonds is 3. The van der Waals surface area contributed by atoms with Crippen molar-refractivity contribution < 1.29 is 9.13 Å². The Kier molecular flexibility index (Phi) is 2.79. The summed E-state index contributed by atoms with van der Waals surface area (Å²) >= 11 is 0. The predicted molar refractivity (Wildman–Crippen MR) is 72.3 cm³/mol. The molecule has 19 heavy (non-hydrogen) atoms. The van der Waals surface area contributed by atoms with Crippen LogP contribution in [0.2, 0.25) is 0 Å². The van der Waals surface area contributed by atoms with E-state index in [1.54, 1.807) is 6.07 Å². The van der Waals surface area contributed by atoms with Crippen LogP contribution < -0.4 is 10.1 Å². The van der Waals surface area contributed by atoms with Gasteiger partial charge in [-0.25, -0.2) is 4.39 Å². The monoisotopic (exact) mass is 257 g/mol. The van der Waals surface area contributed by atoms with Crippen molar-refractivity contribution in [2.75, 3.05) is 12.4 Å². The van der Waals surface area contributed by atoms with Crippen molar-refractivity contribution in [2.24, 2.45) is 0 Å². The van der Waals surface area contributed by atoms with Gasteiger partial charge in [0.25, 0.3) is 5.88 Å². The lowest BCUT2D eigenvalue weighted by atomic mass is 10.2. The van der Waals surface area contributed by atoms with Gasteiger partial charge in [-0.15, -0.1) is 0 Å². The number of anilines is 2. The van der Waals surface area contributed by atoms with Gasteiger partial charge in [0.2, 0.25) is 0 Å². The molecule has 4 nitrogen and oxygen atoms in total. The molecule has 5 heteroatoms. The molecule has 0 unspecified atom stereocenters. The number of halogens is 1. The summed E-state index contributed by atoms with van der Waals surface area (Å²) in [6, 6.07) is 10.8. The first-order chi connectivity index (χ1) is 9.26. The largest absolute Gasteiger partial charge is 0.479 e. The molecule has 0 aliphatic rings. The summed E-state index contributed by atoms with van der Waals surface area (Å²) in [6.45, 7) is 0. The number of aromatic nitrogens is 2. The zero-order chi connectivity index (χ0) is 13.2. The summed E-state index contributed by atoms with van der Waals surface area (Å²) in [5, 5.41) is 4.24. The number of nitrogens with one attached hydrogen (secondary N) is 2. The van der Waals surface area contributed by atoms with Gasteiger partial charge in [-0.1, -0.05) is 6.07 Å². The van der Waals surface area contributed by atoms with E-state index in [0.29, 0.717) is 5.82 Å². The van der Waals surface area contributed by atoms with Crippen molar-refractivity contribution in [3.8, 4) is 5.88 Å². The highest BCUT2D eigenvalue weighted by Gasteiger charge is 2.06. The third kappa shape index (κ3) is 2.22. The van der Waals surface area contributed by atoms with E-state index in [-0.39, 0.29) is 5.88 Å². The van der Waals surface area contributed by atoms with Crippen molar-refractivity contribution in [3.05, 3.63) is 48.4 Å². The zero-order valence-corrected chi connectivity index (χ0v) is 10.3. The van der Waals surface area contributed by atoms with Crippen LogP contribution in [-0.4, -0.2) is 17.1 Å². The molecule has 0 bridgehead atoms. The third-order valence-corrected chi connectivity index (χ3v) is 2.83. The molecule has 0 radical (unpaired) electrons. The smallest absolute Gasteiger partial charge is 0.252 e. The minimum atomic E-state index is -0.479. The Bertz CT molecular complexity index is 724. The van der Waals surface area contributed by atoms with E-state index in [1.165, 1.54) is 13.2 Å². The maximum atomic E-state index is 13.3. The molecule has 0 saturated carbocycles. The van der Waals surface area contributed by atoms with Crippen LogP contribution in [0, 0.1) is 5.82 Å². The van der Waals surface area contributed by atoms with Crippen molar-refractivity contribution >= 4 is 22.4 Å². The summed E-state index contributed by atoms with van der Waals surface area (Å²) in [7, 11) is 1.39. The number of H-pyrrole nitrogens is 1. The summed E-state index contributed by atoms with van der Waals surface area (Å²) in [5.41, 5.74) is 1.90. The zero-order valence-electron chi connectivity index (χ0n) is 10.3. The van der Waals surface area contributed by atoms with Crippen LogP contribution in [-0.2, 0) is 0 Å². The molecule has 2 heterocycles. The van der Waals surface area contributed by atoms with Crippen LogP contribution in [0.4, 0.5) is 15.9 Å². The maximum absolute atomic E-state index is 13.3. The lowest BCUT2D eigenvalue weighted by Gasteiger charge is -2.07. The Labute approximate surface area is 109 Å². The van der Waals surface area contributed by atoms with Gasteiger partial charge in [0, 0.05) is 17.4 Å². The van der Waals surface area contributed by atoms with Crippen LogP contribution >= 0.6 is 0 Å². The van der Waals surface area contributed by atoms with Crippen LogP contribution in [0.15, 0.2) is 42.6 Å². The maximum Gasteiger partial charge on any atom is 0.252 e. The van der Waals surface area contributed by atoms with Gasteiger partial charge >= 0.3 is 0 Å². The van der Waals surface area contributed by atoms with E-state index in [0.717, 1.165) is 16.6 Å². The van der Waals surface area contributed by atoms with Gasteiger partial charge in [0.05, 0.1) is 7.11 Å². The molecule has 3 rings (SSSR count). The van der Waals surface area contributed by atoms with E-state index in [1.807, 2.05) is 30.5 Å². The minimum absolute atomic E-state index is 0.0223. The number of benzene rings is 1. The molecule has 0 fully saturated rings. The first-order valence-corrected chi connectivity index (χ1v) is 5.81.